The number of thioether (sulfide) groups is 1. The Hall–Kier alpha value is -0.330. The number of hydrogen-bond donors (Lipinski definition) is 2. The number of nitrogens with one attached hydrogen (secondary N) is 1. The molecule has 5 heteroatoms. The van der Waals surface area contributed by atoms with Gasteiger partial charge < -0.3 is 0 Å². The van der Waals surface area contributed by atoms with Gasteiger partial charge in [-0.15, -0.1) is 23.1 Å². The van der Waals surface area contributed by atoms with E-state index in [1.165, 1.54) is 19.8 Å². The Morgan fingerprint density at radius 2 is 2.05 bits per heavy atom. The topological polar surface area (TPSA) is 38.0 Å². The van der Waals surface area contributed by atoms with Gasteiger partial charge in [0.15, 0.2) is 0 Å². The van der Waals surface area contributed by atoms with E-state index in [4.69, 9.17) is 5.84 Å². The molecule has 2 nitrogen and oxygen atoms in total. The Bertz CT molecular complexity index is 510. The van der Waals surface area contributed by atoms with E-state index in [1.807, 2.05) is 11.8 Å². The number of hydrazine groups is 1. The van der Waals surface area contributed by atoms with Gasteiger partial charge in [-0.05, 0) is 46.4 Å². The fourth-order valence-electron chi connectivity index (χ4n) is 1.69. The highest BCUT2D eigenvalue weighted by Crippen LogP contribution is 2.26. The molecule has 0 spiro atoms. The largest absolute Gasteiger partial charge is 0.271 e. The van der Waals surface area contributed by atoms with E-state index < -0.39 is 0 Å². The summed E-state index contributed by atoms with van der Waals surface area (Å²) in [7, 11) is 0. The number of aryl methyl sites for hydroxylation is 1. The normalized spacial score (nSPS) is 12.6. The maximum absolute atomic E-state index is 5.65. The summed E-state index contributed by atoms with van der Waals surface area (Å²) < 4.78 is 1.18. The van der Waals surface area contributed by atoms with Crippen LogP contribution in [0.1, 0.15) is 10.4 Å². The second kappa shape index (κ2) is 7.45. The van der Waals surface area contributed by atoms with E-state index in [1.54, 1.807) is 11.3 Å². The number of rotatable bonds is 6. The first-order valence-corrected chi connectivity index (χ1v) is 8.72. The van der Waals surface area contributed by atoms with Crippen LogP contribution in [0.4, 0.5) is 0 Å². The van der Waals surface area contributed by atoms with Crippen molar-refractivity contribution in [3.05, 3.63) is 50.6 Å². The van der Waals surface area contributed by atoms with Gasteiger partial charge in [-0.2, -0.15) is 0 Å². The lowest BCUT2D eigenvalue weighted by molar-refractivity contribution is 0.578. The summed E-state index contributed by atoms with van der Waals surface area (Å²) in [6.07, 6.45) is 0.952. The molecule has 0 saturated carbocycles. The lowest BCUT2D eigenvalue weighted by Gasteiger charge is -2.15. The van der Waals surface area contributed by atoms with E-state index in [-0.39, 0.29) is 6.04 Å². The van der Waals surface area contributed by atoms with Crippen molar-refractivity contribution in [3.8, 4) is 0 Å². The minimum absolute atomic E-state index is 0.279. The first-order chi connectivity index (χ1) is 9.19. The molecule has 19 heavy (non-hydrogen) atoms. The Balaban J connectivity index is 1.89. The summed E-state index contributed by atoms with van der Waals surface area (Å²) in [6, 6.07) is 11.0. The van der Waals surface area contributed by atoms with Gasteiger partial charge in [0.2, 0.25) is 0 Å². The van der Waals surface area contributed by atoms with Crippen molar-refractivity contribution in [2.45, 2.75) is 24.3 Å². The van der Waals surface area contributed by atoms with Crippen molar-refractivity contribution in [2.75, 3.05) is 5.75 Å². The molecular weight excluding hydrogens is 340 g/mol. The summed E-state index contributed by atoms with van der Waals surface area (Å²) in [5, 5.41) is 2.10. The molecule has 1 atom stereocenters. The summed E-state index contributed by atoms with van der Waals surface area (Å²) in [5.41, 5.74) is 4.21. The van der Waals surface area contributed by atoms with Gasteiger partial charge in [0.1, 0.15) is 0 Å². The fourth-order valence-corrected chi connectivity index (χ4v) is 4.22. The summed E-state index contributed by atoms with van der Waals surface area (Å²) in [5.74, 6) is 6.62. The number of benzene rings is 1. The maximum Gasteiger partial charge on any atom is 0.0353 e. The van der Waals surface area contributed by atoms with Crippen LogP contribution in [0.25, 0.3) is 0 Å². The third kappa shape index (κ3) is 4.61. The van der Waals surface area contributed by atoms with Gasteiger partial charge in [0.05, 0.1) is 0 Å². The van der Waals surface area contributed by atoms with Crippen LogP contribution in [0.15, 0.2) is 45.1 Å². The molecule has 0 amide bonds. The van der Waals surface area contributed by atoms with Crippen LogP contribution in [0, 0.1) is 6.92 Å². The van der Waals surface area contributed by atoms with Gasteiger partial charge in [0.25, 0.3) is 0 Å². The van der Waals surface area contributed by atoms with E-state index in [2.05, 4.69) is 64.0 Å². The zero-order chi connectivity index (χ0) is 13.7. The standard InChI is InChI=1S/C14H17BrN2S2/c1-10-2-4-12(5-3-10)19-9-11(17-16)8-14-13(15)6-7-18-14/h2-7,11,17H,8-9,16H2,1H3. The smallest absolute Gasteiger partial charge is 0.0353 e. The predicted molar refractivity (Wildman–Crippen MR) is 88.7 cm³/mol. The molecule has 0 aliphatic rings. The average molecular weight is 357 g/mol. The van der Waals surface area contributed by atoms with Crippen molar-refractivity contribution >= 4 is 39.0 Å². The third-order valence-electron chi connectivity index (χ3n) is 2.83. The Kier molecular flexibility index (Phi) is 5.91. The van der Waals surface area contributed by atoms with Gasteiger partial charge in [-0.3, -0.25) is 11.3 Å². The summed E-state index contributed by atoms with van der Waals surface area (Å²) >= 11 is 7.16. The number of halogens is 1. The Morgan fingerprint density at radius 1 is 1.32 bits per heavy atom. The van der Waals surface area contributed by atoms with Gasteiger partial charge >= 0.3 is 0 Å². The highest BCUT2D eigenvalue weighted by Gasteiger charge is 2.11. The molecule has 1 aromatic heterocycles. The van der Waals surface area contributed by atoms with Crippen LogP contribution in [0.2, 0.25) is 0 Å². The minimum atomic E-state index is 0.279. The molecule has 0 fully saturated rings. The van der Waals surface area contributed by atoms with Crippen LogP contribution >= 0.6 is 39.0 Å². The molecule has 0 aliphatic heterocycles. The molecule has 1 unspecified atom stereocenters. The van der Waals surface area contributed by atoms with Gasteiger partial charge in [-0.25, -0.2) is 0 Å². The first kappa shape index (κ1) is 15.1. The van der Waals surface area contributed by atoms with Crippen LogP contribution in [-0.2, 0) is 6.42 Å². The second-order valence-electron chi connectivity index (χ2n) is 4.38. The lowest BCUT2D eigenvalue weighted by Crippen LogP contribution is -2.38. The first-order valence-electron chi connectivity index (χ1n) is 6.06. The quantitative estimate of drug-likeness (QED) is 0.466. The molecule has 1 heterocycles. The lowest BCUT2D eigenvalue weighted by atomic mass is 10.2. The monoisotopic (exact) mass is 356 g/mol. The fraction of sp³-hybridized carbons (Fsp3) is 0.286. The molecule has 102 valence electrons. The van der Waals surface area contributed by atoms with Gasteiger partial charge in [-0.1, -0.05) is 17.7 Å². The maximum atomic E-state index is 5.65. The van der Waals surface area contributed by atoms with E-state index >= 15 is 0 Å². The third-order valence-corrected chi connectivity index (χ3v) is 5.95. The number of thiophene rings is 1. The van der Waals surface area contributed by atoms with E-state index in [9.17, 15) is 0 Å². The second-order valence-corrected chi connectivity index (χ2v) is 7.33. The Morgan fingerprint density at radius 3 is 2.63 bits per heavy atom. The molecule has 0 saturated heterocycles. The van der Waals surface area contributed by atoms with E-state index in [0.29, 0.717) is 0 Å². The molecule has 2 aromatic rings. The zero-order valence-electron chi connectivity index (χ0n) is 10.7. The van der Waals surface area contributed by atoms with Crippen molar-refractivity contribution in [2.24, 2.45) is 5.84 Å². The predicted octanol–water partition coefficient (Wildman–Crippen LogP) is 3.99. The molecule has 3 N–H and O–H groups in total. The van der Waals surface area contributed by atoms with Crippen molar-refractivity contribution < 1.29 is 0 Å². The van der Waals surface area contributed by atoms with Crippen LogP contribution in [-0.4, -0.2) is 11.8 Å². The molecular formula is C14H17BrN2S2. The molecule has 0 radical (unpaired) electrons. The van der Waals surface area contributed by atoms with Crippen LogP contribution < -0.4 is 11.3 Å². The van der Waals surface area contributed by atoms with Crippen LogP contribution in [0.3, 0.4) is 0 Å². The summed E-state index contributed by atoms with van der Waals surface area (Å²) in [4.78, 5) is 2.63. The number of nitrogens with two attached hydrogens (primary N) is 1. The zero-order valence-corrected chi connectivity index (χ0v) is 13.9. The molecule has 0 aliphatic carbocycles. The van der Waals surface area contributed by atoms with E-state index in [0.717, 1.165) is 12.2 Å². The molecule has 0 bridgehead atoms. The molecule has 2 rings (SSSR count). The highest BCUT2D eigenvalue weighted by atomic mass is 79.9. The molecule has 1 aromatic carbocycles. The summed E-state index contributed by atoms with van der Waals surface area (Å²) in [6.45, 7) is 2.10. The SMILES string of the molecule is Cc1ccc(SCC(Cc2sccc2Br)NN)cc1. The van der Waals surface area contributed by atoms with Gasteiger partial charge in [0, 0.05) is 32.5 Å². The number of hydrogen-bond acceptors (Lipinski definition) is 4. The minimum Gasteiger partial charge on any atom is -0.271 e. The highest BCUT2D eigenvalue weighted by molar-refractivity contribution is 9.10. The van der Waals surface area contributed by atoms with Crippen LogP contribution in [0.5, 0.6) is 0 Å². The van der Waals surface area contributed by atoms with Crippen molar-refractivity contribution in [1.29, 1.82) is 0 Å². The van der Waals surface area contributed by atoms with Crippen molar-refractivity contribution in [3.63, 3.8) is 0 Å². The van der Waals surface area contributed by atoms with Crippen molar-refractivity contribution in [1.82, 2.24) is 5.43 Å². The Labute approximate surface area is 130 Å². The average Bonchev–Trinajstić information content (AvgIpc) is 2.82.